The fourth-order valence-corrected chi connectivity index (χ4v) is 1.62. The van der Waals surface area contributed by atoms with Gasteiger partial charge in [0.15, 0.2) is 0 Å². The predicted octanol–water partition coefficient (Wildman–Crippen LogP) is 5.77. The second-order valence-electron chi connectivity index (χ2n) is 4.74. The minimum atomic E-state index is -0.923. The third-order valence-electron chi connectivity index (χ3n) is 2.73. The van der Waals surface area contributed by atoms with Crippen LogP contribution in [0.5, 0.6) is 0 Å². The molecule has 0 aliphatic heterocycles. The Morgan fingerprint density at radius 1 is 0.773 bits per heavy atom. The highest BCUT2D eigenvalue weighted by Gasteiger charge is 1.81. The summed E-state index contributed by atoms with van der Waals surface area (Å²) in [5.41, 5.74) is 0. The van der Waals surface area contributed by atoms with Crippen LogP contribution in [-0.4, -0.2) is 11.1 Å². The smallest absolute Gasteiger partial charge is 0.328 e. The zero-order valence-electron chi connectivity index (χ0n) is 13.5. The summed E-state index contributed by atoms with van der Waals surface area (Å²) in [6.45, 7) is 2.14. The minimum Gasteiger partial charge on any atom is -0.478 e. The summed E-state index contributed by atoms with van der Waals surface area (Å²) in [7, 11) is 0. The molecule has 0 bridgehead atoms. The average Bonchev–Trinajstić information content (AvgIpc) is 2.50. The van der Waals surface area contributed by atoms with Crippen LogP contribution in [0.15, 0.2) is 72.9 Å². The van der Waals surface area contributed by atoms with Gasteiger partial charge in [0.1, 0.15) is 0 Å². The van der Waals surface area contributed by atoms with Crippen molar-refractivity contribution in [1.82, 2.24) is 0 Å². The molecule has 0 aromatic carbocycles. The lowest BCUT2D eigenvalue weighted by Crippen LogP contribution is -1.84. The van der Waals surface area contributed by atoms with Crippen molar-refractivity contribution in [3.63, 3.8) is 0 Å². The van der Waals surface area contributed by atoms with Gasteiger partial charge in [0.2, 0.25) is 0 Å². The average molecular weight is 300 g/mol. The summed E-state index contributed by atoms with van der Waals surface area (Å²) in [5.74, 6) is -0.923. The SMILES string of the molecule is CC/C=C\C/C=C\C/C=C\CCC/C=C/C=C/C=C/C(=O)O. The lowest BCUT2D eigenvalue weighted by atomic mass is 10.2. The first-order valence-electron chi connectivity index (χ1n) is 7.95. The summed E-state index contributed by atoms with van der Waals surface area (Å²) < 4.78 is 0. The molecule has 0 amide bonds. The number of unbranched alkanes of at least 4 members (excludes halogenated alkanes) is 2. The Bertz CT molecular complexity index is 435. The molecule has 1 N–H and O–H groups in total. The fourth-order valence-electron chi connectivity index (χ4n) is 1.62. The number of hydrogen-bond donors (Lipinski definition) is 1. The molecule has 0 heterocycles. The number of carboxylic acids is 1. The van der Waals surface area contributed by atoms with E-state index in [0.717, 1.165) is 44.6 Å². The monoisotopic (exact) mass is 300 g/mol. The molecule has 2 heteroatoms. The quantitative estimate of drug-likeness (QED) is 0.215. The van der Waals surface area contributed by atoms with Crippen LogP contribution in [0.1, 0.15) is 45.4 Å². The van der Waals surface area contributed by atoms with Gasteiger partial charge < -0.3 is 5.11 Å². The lowest BCUT2D eigenvalue weighted by Gasteiger charge is -1.89. The largest absolute Gasteiger partial charge is 0.478 e. The van der Waals surface area contributed by atoms with Crippen LogP contribution in [0, 0.1) is 0 Å². The highest BCUT2D eigenvalue weighted by molar-refractivity contribution is 5.80. The molecular formula is C20H28O2. The van der Waals surface area contributed by atoms with Crippen molar-refractivity contribution in [3.8, 4) is 0 Å². The zero-order valence-corrected chi connectivity index (χ0v) is 13.5. The molecular weight excluding hydrogens is 272 g/mol. The van der Waals surface area contributed by atoms with Crippen molar-refractivity contribution in [2.75, 3.05) is 0 Å². The molecule has 0 atom stereocenters. The second-order valence-corrected chi connectivity index (χ2v) is 4.74. The first-order valence-corrected chi connectivity index (χ1v) is 7.95. The third-order valence-corrected chi connectivity index (χ3v) is 2.73. The zero-order chi connectivity index (χ0) is 16.3. The van der Waals surface area contributed by atoms with Crippen molar-refractivity contribution in [2.45, 2.75) is 45.4 Å². The van der Waals surface area contributed by atoms with Gasteiger partial charge in [-0.15, -0.1) is 0 Å². The van der Waals surface area contributed by atoms with Gasteiger partial charge in [-0.2, -0.15) is 0 Å². The van der Waals surface area contributed by atoms with Crippen LogP contribution >= 0.6 is 0 Å². The molecule has 22 heavy (non-hydrogen) atoms. The molecule has 0 aromatic rings. The van der Waals surface area contributed by atoms with Gasteiger partial charge in [0.25, 0.3) is 0 Å². The topological polar surface area (TPSA) is 37.3 Å². The number of hydrogen-bond acceptors (Lipinski definition) is 1. The van der Waals surface area contributed by atoms with E-state index in [9.17, 15) is 4.79 Å². The maximum absolute atomic E-state index is 10.2. The van der Waals surface area contributed by atoms with Gasteiger partial charge in [-0.25, -0.2) is 4.79 Å². The van der Waals surface area contributed by atoms with E-state index < -0.39 is 5.97 Å². The molecule has 0 aromatic heterocycles. The highest BCUT2D eigenvalue weighted by Crippen LogP contribution is 2.00. The van der Waals surface area contributed by atoms with Crippen molar-refractivity contribution in [1.29, 1.82) is 0 Å². The summed E-state index contributed by atoms with van der Waals surface area (Å²) in [4.78, 5) is 10.2. The minimum absolute atomic E-state index is 0.923. The first kappa shape index (κ1) is 19.9. The molecule has 0 aliphatic carbocycles. The Kier molecular flexibility index (Phi) is 15.4. The van der Waals surface area contributed by atoms with E-state index in [2.05, 4.69) is 49.5 Å². The van der Waals surface area contributed by atoms with E-state index in [4.69, 9.17) is 5.11 Å². The van der Waals surface area contributed by atoms with Crippen LogP contribution in [0.3, 0.4) is 0 Å². The van der Waals surface area contributed by atoms with Gasteiger partial charge >= 0.3 is 5.97 Å². The van der Waals surface area contributed by atoms with Crippen molar-refractivity contribution in [3.05, 3.63) is 72.9 Å². The summed E-state index contributed by atoms with van der Waals surface area (Å²) in [5, 5.41) is 8.39. The summed E-state index contributed by atoms with van der Waals surface area (Å²) in [6, 6.07) is 0. The van der Waals surface area contributed by atoms with E-state index in [1.165, 1.54) is 6.08 Å². The number of aliphatic carboxylic acids is 1. The van der Waals surface area contributed by atoms with E-state index in [-0.39, 0.29) is 0 Å². The molecule has 0 saturated carbocycles. The van der Waals surface area contributed by atoms with Crippen LogP contribution < -0.4 is 0 Å². The molecule has 0 spiro atoms. The number of carbonyl (C=O) groups is 1. The van der Waals surface area contributed by atoms with Crippen LogP contribution in [0.25, 0.3) is 0 Å². The fraction of sp³-hybridized carbons (Fsp3) is 0.350. The summed E-state index contributed by atoms with van der Waals surface area (Å²) in [6.07, 6.45) is 29.9. The Labute approximate surface area is 134 Å². The van der Waals surface area contributed by atoms with E-state index in [1.54, 1.807) is 6.08 Å². The lowest BCUT2D eigenvalue weighted by molar-refractivity contribution is -0.131. The van der Waals surface area contributed by atoms with Crippen LogP contribution in [0.4, 0.5) is 0 Å². The number of carboxylic acid groups (broad SMARTS) is 1. The molecule has 0 rings (SSSR count). The molecule has 2 nitrogen and oxygen atoms in total. The Morgan fingerprint density at radius 2 is 1.36 bits per heavy atom. The Morgan fingerprint density at radius 3 is 2.05 bits per heavy atom. The standard InChI is InChI=1S/C20H28O2/c1-2-3-4-5-6-7-8-9-10-11-12-13-14-15-16-17-18-19-20(21)22/h3-4,6-7,9-10,14-19H,2,5,8,11-13H2,1H3,(H,21,22)/b4-3-,7-6-,10-9-,15-14+,17-16+,19-18+. The Hall–Kier alpha value is -2.09. The van der Waals surface area contributed by atoms with Crippen molar-refractivity contribution < 1.29 is 9.90 Å². The van der Waals surface area contributed by atoms with Crippen LogP contribution in [0.2, 0.25) is 0 Å². The maximum Gasteiger partial charge on any atom is 0.328 e. The van der Waals surface area contributed by atoms with Gasteiger partial charge in [-0.05, 0) is 38.5 Å². The highest BCUT2D eigenvalue weighted by atomic mass is 16.4. The normalized spacial score (nSPS) is 13.1. The molecule has 0 aliphatic rings. The van der Waals surface area contributed by atoms with Gasteiger partial charge in [-0.1, -0.05) is 73.8 Å². The van der Waals surface area contributed by atoms with Gasteiger partial charge in [-0.3, -0.25) is 0 Å². The predicted molar refractivity (Wildman–Crippen MR) is 95.9 cm³/mol. The van der Waals surface area contributed by atoms with Crippen molar-refractivity contribution >= 4 is 5.97 Å². The third kappa shape index (κ3) is 17.9. The second kappa shape index (κ2) is 17.0. The molecule has 0 radical (unpaired) electrons. The first-order chi connectivity index (χ1) is 10.8. The van der Waals surface area contributed by atoms with Crippen LogP contribution in [-0.2, 0) is 4.79 Å². The van der Waals surface area contributed by atoms with E-state index >= 15 is 0 Å². The van der Waals surface area contributed by atoms with Crippen molar-refractivity contribution in [2.24, 2.45) is 0 Å². The molecule has 120 valence electrons. The van der Waals surface area contributed by atoms with Gasteiger partial charge in [0, 0.05) is 6.08 Å². The Balaban J connectivity index is 3.50. The molecule has 0 unspecified atom stereocenters. The van der Waals surface area contributed by atoms with E-state index in [1.807, 2.05) is 12.2 Å². The number of rotatable bonds is 12. The molecule has 0 saturated heterocycles. The number of allylic oxidation sites excluding steroid dienone is 11. The molecule has 0 fully saturated rings. The van der Waals surface area contributed by atoms with Gasteiger partial charge in [0.05, 0.1) is 0 Å². The summed E-state index contributed by atoms with van der Waals surface area (Å²) >= 11 is 0. The van der Waals surface area contributed by atoms with E-state index in [0.29, 0.717) is 0 Å². The maximum atomic E-state index is 10.2.